The van der Waals surface area contributed by atoms with Gasteiger partial charge in [0.15, 0.2) is 0 Å². The van der Waals surface area contributed by atoms with E-state index in [2.05, 4.69) is 21.5 Å². The fourth-order valence-electron chi connectivity index (χ4n) is 1.41. The summed E-state index contributed by atoms with van der Waals surface area (Å²) in [6, 6.07) is 1.44. The van der Waals surface area contributed by atoms with Crippen LogP contribution >= 0.6 is 11.8 Å². The van der Waals surface area contributed by atoms with Crippen molar-refractivity contribution in [1.29, 1.82) is 0 Å². The molecular formula is C11H19N3OS. The van der Waals surface area contributed by atoms with Gasteiger partial charge in [-0.15, -0.1) is 0 Å². The van der Waals surface area contributed by atoms with Crippen molar-refractivity contribution in [2.75, 3.05) is 30.5 Å². The first-order valence-corrected chi connectivity index (χ1v) is 7.07. The van der Waals surface area contributed by atoms with E-state index in [1.165, 1.54) is 12.8 Å². The third-order valence-electron chi connectivity index (χ3n) is 2.65. The van der Waals surface area contributed by atoms with Gasteiger partial charge in [0, 0.05) is 31.9 Å². The minimum atomic E-state index is 0.717. The zero-order valence-corrected chi connectivity index (χ0v) is 10.7. The average molecular weight is 241 g/mol. The lowest BCUT2D eigenvalue weighted by Gasteiger charge is -2.12. The molecule has 90 valence electrons. The largest absolute Gasteiger partial charge is 0.432 e. The Morgan fingerprint density at radius 1 is 1.62 bits per heavy atom. The number of aromatic nitrogens is 1. The highest BCUT2D eigenvalue weighted by Gasteiger charge is 2.20. The van der Waals surface area contributed by atoms with Gasteiger partial charge in [-0.05, 0) is 19.1 Å². The molecule has 0 radical (unpaired) electrons. The number of thioether (sulfide) groups is 1. The third-order valence-corrected chi connectivity index (χ3v) is 3.24. The van der Waals surface area contributed by atoms with Gasteiger partial charge in [0.2, 0.25) is 0 Å². The molecule has 1 aliphatic rings. The van der Waals surface area contributed by atoms with Crippen LogP contribution in [0.1, 0.15) is 18.5 Å². The normalized spacial score (nSPS) is 15.4. The van der Waals surface area contributed by atoms with Gasteiger partial charge in [-0.1, -0.05) is 0 Å². The lowest BCUT2D eigenvalue weighted by molar-refractivity contribution is 0.546. The number of oxazole rings is 1. The van der Waals surface area contributed by atoms with Gasteiger partial charge in [-0.3, -0.25) is 0 Å². The molecule has 1 saturated carbocycles. The molecule has 0 spiro atoms. The minimum Gasteiger partial charge on any atom is -0.432 e. The van der Waals surface area contributed by atoms with E-state index in [1.54, 1.807) is 6.26 Å². The van der Waals surface area contributed by atoms with E-state index in [1.807, 2.05) is 18.8 Å². The summed E-state index contributed by atoms with van der Waals surface area (Å²) in [7, 11) is 2.01. The summed E-state index contributed by atoms with van der Waals surface area (Å²) >= 11 is 1.83. The van der Waals surface area contributed by atoms with E-state index in [-0.39, 0.29) is 0 Å². The summed E-state index contributed by atoms with van der Waals surface area (Å²) in [6.07, 6.45) is 6.46. The summed E-state index contributed by atoms with van der Waals surface area (Å²) in [5.74, 6) is 1.09. The van der Waals surface area contributed by atoms with E-state index in [0.29, 0.717) is 0 Å². The number of nitrogens with one attached hydrogen (secondary N) is 1. The molecule has 1 aromatic rings. The van der Waals surface area contributed by atoms with Crippen molar-refractivity contribution in [3.05, 3.63) is 12.0 Å². The van der Waals surface area contributed by atoms with Gasteiger partial charge in [-0.25, -0.2) is 0 Å². The van der Waals surface area contributed by atoms with Crippen molar-refractivity contribution in [2.24, 2.45) is 0 Å². The molecule has 1 N–H and O–H groups in total. The first-order chi connectivity index (χ1) is 7.79. The molecule has 0 aliphatic heterocycles. The molecule has 1 heterocycles. The highest BCUT2D eigenvalue weighted by Crippen LogP contribution is 2.19. The van der Waals surface area contributed by atoms with Crippen LogP contribution in [0, 0.1) is 0 Å². The maximum Gasteiger partial charge on any atom is 0.297 e. The van der Waals surface area contributed by atoms with E-state index in [9.17, 15) is 0 Å². The molecule has 0 saturated heterocycles. The molecule has 16 heavy (non-hydrogen) atoms. The van der Waals surface area contributed by atoms with E-state index < -0.39 is 0 Å². The molecule has 1 aromatic heterocycles. The summed E-state index contributed by atoms with van der Waals surface area (Å²) in [5.41, 5.74) is 0.998. The van der Waals surface area contributed by atoms with Gasteiger partial charge >= 0.3 is 0 Å². The quantitative estimate of drug-likeness (QED) is 0.787. The fraction of sp³-hybridized carbons (Fsp3) is 0.727. The molecule has 0 amide bonds. The second-order valence-electron chi connectivity index (χ2n) is 4.19. The first-order valence-electron chi connectivity index (χ1n) is 5.67. The highest BCUT2D eigenvalue weighted by atomic mass is 32.2. The van der Waals surface area contributed by atoms with E-state index in [4.69, 9.17) is 4.42 Å². The third kappa shape index (κ3) is 3.42. The molecule has 5 heteroatoms. The van der Waals surface area contributed by atoms with Crippen LogP contribution in [0.2, 0.25) is 0 Å². The fourth-order valence-corrected chi connectivity index (χ4v) is 1.87. The van der Waals surface area contributed by atoms with E-state index >= 15 is 0 Å². The number of anilines is 1. The Balaban J connectivity index is 1.80. The molecule has 1 fully saturated rings. The van der Waals surface area contributed by atoms with Crippen molar-refractivity contribution < 1.29 is 4.42 Å². The Labute approximate surface area is 101 Å². The van der Waals surface area contributed by atoms with Crippen LogP contribution in [0.25, 0.3) is 0 Å². The van der Waals surface area contributed by atoms with Gasteiger partial charge in [-0.2, -0.15) is 16.7 Å². The van der Waals surface area contributed by atoms with Crippen LogP contribution in [0.5, 0.6) is 0 Å². The van der Waals surface area contributed by atoms with Crippen LogP contribution < -0.4 is 10.2 Å². The van der Waals surface area contributed by atoms with Crippen LogP contribution in [0.4, 0.5) is 6.01 Å². The highest BCUT2D eigenvalue weighted by molar-refractivity contribution is 7.98. The smallest absolute Gasteiger partial charge is 0.297 e. The molecule has 2 rings (SSSR count). The minimum absolute atomic E-state index is 0.717. The van der Waals surface area contributed by atoms with Gasteiger partial charge in [0.05, 0.1) is 5.69 Å². The molecule has 0 atom stereocenters. The Hall–Kier alpha value is -0.680. The average Bonchev–Trinajstić information content (AvgIpc) is 3.00. The molecule has 4 nitrogen and oxygen atoms in total. The second kappa shape index (κ2) is 5.59. The number of rotatable bonds is 7. The van der Waals surface area contributed by atoms with Gasteiger partial charge in [0.1, 0.15) is 6.26 Å². The van der Waals surface area contributed by atoms with Crippen molar-refractivity contribution >= 4 is 17.8 Å². The summed E-state index contributed by atoms with van der Waals surface area (Å²) in [5, 5.41) is 3.42. The zero-order valence-electron chi connectivity index (χ0n) is 9.90. The Bertz CT molecular complexity index is 325. The van der Waals surface area contributed by atoms with Crippen molar-refractivity contribution in [2.45, 2.75) is 25.4 Å². The zero-order chi connectivity index (χ0) is 11.4. The standard InChI is InChI=1S/C11H19N3OS/c1-14(5-6-16-2)11-13-10(8-15-11)7-12-9-3-4-9/h8-9,12H,3-7H2,1-2H3. The van der Waals surface area contributed by atoms with Crippen LogP contribution in [-0.4, -0.2) is 36.6 Å². The van der Waals surface area contributed by atoms with Gasteiger partial charge < -0.3 is 14.6 Å². The SMILES string of the molecule is CSCCN(C)c1nc(CNC2CC2)co1. The summed E-state index contributed by atoms with van der Waals surface area (Å²) in [6.45, 7) is 1.79. The van der Waals surface area contributed by atoms with E-state index in [0.717, 1.165) is 36.6 Å². The lowest BCUT2D eigenvalue weighted by Crippen LogP contribution is -2.21. The topological polar surface area (TPSA) is 41.3 Å². The number of hydrogen-bond donors (Lipinski definition) is 1. The number of hydrogen-bond acceptors (Lipinski definition) is 5. The Morgan fingerprint density at radius 3 is 3.12 bits per heavy atom. The van der Waals surface area contributed by atoms with Crippen LogP contribution in [0.3, 0.4) is 0 Å². The van der Waals surface area contributed by atoms with Crippen molar-refractivity contribution in [3.8, 4) is 0 Å². The van der Waals surface area contributed by atoms with Gasteiger partial charge in [0.25, 0.3) is 6.01 Å². The Kier molecular flexibility index (Phi) is 4.12. The molecule has 0 aromatic carbocycles. The predicted molar refractivity (Wildman–Crippen MR) is 68.0 cm³/mol. The summed E-state index contributed by atoms with van der Waals surface area (Å²) < 4.78 is 5.44. The first kappa shape index (κ1) is 11.8. The number of nitrogens with zero attached hydrogens (tertiary/aromatic N) is 2. The molecule has 0 bridgehead atoms. The second-order valence-corrected chi connectivity index (χ2v) is 5.18. The van der Waals surface area contributed by atoms with Crippen LogP contribution in [0.15, 0.2) is 10.7 Å². The Morgan fingerprint density at radius 2 is 2.44 bits per heavy atom. The van der Waals surface area contributed by atoms with Crippen molar-refractivity contribution in [3.63, 3.8) is 0 Å². The lowest BCUT2D eigenvalue weighted by atomic mass is 10.5. The maximum atomic E-state index is 5.44. The molecule has 1 aliphatic carbocycles. The maximum absolute atomic E-state index is 5.44. The molecular weight excluding hydrogens is 222 g/mol. The summed E-state index contributed by atoms with van der Waals surface area (Å²) in [4.78, 5) is 6.50. The predicted octanol–water partition coefficient (Wildman–Crippen LogP) is 1.73. The molecule has 0 unspecified atom stereocenters. The van der Waals surface area contributed by atoms with Crippen molar-refractivity contribution in [1.82, 2.24) is 10.3 Å². The van der Waals surface area contributed by atoms with Crippen LogP contribution in [-0.2, 0) is 6.54 Å². The monoisotopic (exact) mass is 241 g/mol.